The van der Waals surface area contributed by atoms with Crippen LogP contribution in [0.1, 0.15) is 79.4 Å². The Bertz CT molecular complexity index is 441. The highest BCUT2D eigenvalue weighted by Gasteiger charge is 2.22. The van der Waals surface area contributed by atoms with Crippen LogP contribution in [-0.2, 0) is 6.42 Å². The number of fused-ring (bicyclic) bond motifs is 1. The highest BCUT2D eigenvalue weighted by atomic mass is 16.1. The molecule has 0 radical (unpaired) electrons. The zero-order valence-corrected chi connectivity index (χ0v) is 11.3. The van der Waals surface area contributed by atoms with E-state index in [1.807, 2.05) is 0 Å². The summed E-state index contributed by atoms with van der Waals surface area (Å²) in [4.78, 5) is 12.0. The molecule has 17 heavy (non-hydrogen) atoms. The number of carbonyl (C=O) groups is 1. The molecular formula is C16H22O. The average Bonchev–Trinajstić information content (AvgIpc) is 2.28. The van der Waals surface area contributed by atoms with E-state index >= 15 is 0 Å². The Morgan fingerprint density at radius 3 is 2.29 bits per heavy atom. The number of carbonyl (C=O) groups excluding carboxylic acids is 1. The summed E-state index contributed by atoms with van der Waals surface area (Å²) in [5.74, 6) is 1.34. The van der Waals surface area contributed by atoms with Crippen LogP contribution in [0.25, 0.3) is 0 Å². The molecule has 0 saturated carbocycles. The number of Topliss-reactive ketones (excluding diaryl/α,β-unsaturated/α-hetero) is 1. The van der Waals surface area contributed by atoms with Crippen molar-refractivity contribution in [3.05, 3.63) is 34.4 Å². The SMILES string of the molecule is CC(C)c1cc2c(c(C(C)C)c1)CCCC2=O. The van der Waals surface area contributed by atoms with E-state index in [4.69, 9.17) is 0 Å². The fourth-order valence-corrected chi connectivity index (χ4v) is 2.65. The van der Waals surface area contributed by atoms with Gasteiger partial charge in [0.15, 0.2) is 5.78 Å². The van der Waals surface area contributed by atoms with Crippen molar-refractivity contribution >= 4 is 5.78 Å². The molecule has 1 aromatic rings. The van der Waals surface area contributed by atoms with Crippen molar-refractivity contribution in [3.63, 3.8) is 0 Å². The van der Waals surface area contributed by atoms with Gasteiger partial charge in [0.2, 0.25) is 0 Å². The van der Waals surface area contributed by atoms with E-state index in [-0.39, 0.29) is 0 Å². The Kier molecular flexibility index (Phi) is 3.37. The van der Waals surface area contributed by atoms with Gasteiger partial charge in [0.1, 0.15) is 0 Å². The topological polar surface area (TPSA) is 17.1 Å². The van der Waals surface area contributed by atoms with Crippen LogP contribution in [0, 0.1) is 0 Å². The lowest BCUT2D eigenvalue weighted by atomic mass is 9.81. The Morgan fingerprint density at radius 2 is 1.71 bits per heavy atom. The maximum Gasteiger partial charge on any atom is 0.163 e. The van der Waals surface area contributed by atoms with E-state index in [1.165, 1.54) is 16.7 Å². The van der Waals surface area contributed by atoms with Gasteiger partial charge in [-0.2, -0.15) is 0 Å². The van der Waals surface area contributed by atoms with E-state index in [1.54, 1.807) is 0 Å². The van der Waals surface area contributed by atoms with Gasteiger partial charge >= 0.3 is 0 Å². The molecule has 1 nitrogen and oxygen atoms in total. The summed E-state index contributed by atoms with van der Waals surface area (Å²) >= 11 is 0. The summed E-state index contributed by atoms with van der Waals surface area (Å²) in [5.41, 5.74) is 5.02. The number of hydrogen-bond acceptors (Lipinski definition) is 1. The molecule has 0 fully saturated rings. The first-order valence-corrected chi connectivity index (χ1v) is 6.70. The van der Waals surface area contributed by atoms with Gasteiger partial charge in [-0.05, 0) is 47.4 Å². The van der Waals surface area contributed by atoms with E-state index in [0.29, 0.717) is 17.6 Å². The van der Waals surface area contributed by atoms with Gasteiger partial charge in [0.05, 0.1) is 0 Å². The lowest BCUT2D eigenvalue weighted by Crippen LogP contribution is -2.15. The molecule has 0 heterocycles. The first-order chi connectivity index (χ1) is 8.00. The van der Waals surface area contributed by atoms with E-state index < -0.39 is 0 Å². The Labute approximate surface area is 104 Å². The van der Waals surface area contributed by atoms with Crippen molar-refractivity contribution in [2.45, 2.75) is 58.8 Å². The van der Waals surface area contributed by atoms with Crippen molar-refractivity contribution in [3.8, 4) is 0 Å². The first-order valence-electron chi connectivity index (χ1n) is 6.70. The first kappa shape index (κ1) is 12.3. The van der Waals surface area contributed by atoms with Gasteiger partial charge < -0.3 is 0 Å². The molecule has 0 aromatic heterocycles. The Hall–Kier alpha value is -1.11. The summed E-state index contributed by atoms with van der Waals surface area (Å²) < 4.78 is 0. The molecule has 92 valence electrons. The van der Waals surface area contributed by atoms with Crippen LogP contribution in [0.2, 0.25) is 0 Å². The van der Waals surface area contributed by atoms with Gasteiger partial charge in [-0.15, -0.1) is 0 Å². The standard InChI is InChI=1S/C16H22O/c1-10(2)12-8-14(11(3)4)13-6-5-7-16(17)15(13)9-12/h8-11H,5-7H2,1-4H3. The fraction of sp³-hybridized carbons (Fsp3) is 0.562. The van der Waals surface area contributed by atoms with Crippen LogP contribution >= 0.6 is 0 Å². The minimum absolute atomic E-state index is 0.343. The Morgan fingerprint density at radius 1 is 1.00 bits per heavy atom. The predicted molar refractivity (Wildman–Crippen MR) is 71.9 cm³/mol. The molecule has 0 spiro atoms. The lowest BCUT2D eigenvalue weighted by Gasteiger charge is -2.23. The van der Waals surface area contributed by atoms with Gasteiger partial charge in [-0.25, -0.2) is 0 Å². The highest BCUT2D eigenvalue weighted by molar-refractivity contribution is 5.99. The quantitative estimate of drug-likeness (QED) is 0.733. The molecule has 0 N–H and O–H groups in total. The van der Waals surface area contributed by atoms with E-state index in [2.05, 4.69) is 39.8 Å². The molecule has 0 bridgehead atoms. The third-order valence-corrected chi connectivity index (χ3v) is 3.73. The second kappa shape index (κ2) is 4.64. The third-order valence-electron chi connectivity index (χ3n) is 3.73. The molecule has 0 atom stereocenters. The molecule has 1 heteroatoms. The zero-order chi connectivity index (χ0) is 12.6. The summed E-state index contributed by atoms with van der Waals surface area (Å²) in [6.45, 7) is 8.83. The van der Waals surface area contributed by atoms with Crippen LogP contribution in [0.5, 0.6) is 0 Å². The van der Waals surface area contributed by atoms with Crippen molar-refractivity contribution in [1.29, 1.82) is 0 Å². The van der Waals surface area contributed by atoms with Crippen molar-refractivity contribution < 1.29 is 4.79 Å². The summed E-state index contributed by atoms with van der Waals surface area (Å²) in [6.07, 6.45) is 2.83. The predicted octanol–water partition coefficient (Wildman–Crippen LogP) is 4.45. The maximum absolute atomic E-state index is 12.0. The fourth-order valence-electron chi connectivity index (χ4n) is 2.65. The molecule has 0 unspecified atom stereocenters. The number of ketones is 1. The molecule has 0 saturated heterocycles. The normalized spacial score (nSPS) is 15.5. The third kappa shape index (κ3) is 2.29. The second-order valence-corrected chi connectivity index (χ2v) is 5.72. The minimum Gasteiger partial charge on any atom is -0.294 e. The molecule has 1 aliphatic carbocycles. The van der Waals surface area contributed by atoms with E-state index in [0.717, 1.165) is 24.8 Å². The average molecular weight is 230 g/mol. The van der Waals surface area contributed by atoms with Crippen LogP contribution in [0.15, 0.2) is 12.1 Å². The van der Waals surface area contributed by atoms with Crippen molar-refractivity contribution in [1.82, 2.24) is 0 Å². The highest BCUT2D eigenvalue weighted by Crippen LogP contribution is 2.32. The zero-order valence-electron chi connectivity index (χ0n) is 11.3. The molecule has 0 amide bonds. The van der Waals surface area contributed by atoms with Crippen molar-refractivity contribution in [2.75, 3.05) is 0 Å². The van der Waals surface area contributed by atoms with Crippen LogP contribution < -0.4 is 0 Å². The molecular weight excluding hydrogens is 208 g/mol. The van der Waals surface area contributed by atoms with Crippen LogP contribution in [0.3, 0.4) is 0 Å². The largest absolute Gasteiger partial charge is 0.294 e. The summed E-state index contributed by atoms with van der Waals surface area (Å²) in [6, 6.07) is 4.44. The van der Waals surface area contributed by atoms with Crippen molar-refractivity contribution in [2.24, 2.45) is 0 Å². The molecule has 2 rings (SSSR count). The summed E-state index contributed by atoms with van der Waals surface area (Å²) in [5, 5.41) is 0. The second-order valence-electron chi connectivity index (χ2n) is 5.72. The molecule has 1 aliphatic rings. The van der Waals surface area contributed by atoms with Gasteiger partial charge in [0.25, 0.3) is 0 Å². The lowest BCUT2D eigenvalue weighted by molar-refractivity contribution is 0.0972. The number of benzene rings is 1. The molecule has 1 aromatic carbocycles. The van der Waals surface area contributed by atoms with Gasteiger partial charge in [-0.3, -0.25) is 4.79 Å². The monoisotopic (exact) mass is 230 g/mol. The summed E-state index contributed by atoms with van der Waals surface area (Å²) in [7, 11) is 0. The van der Waals surface area contributed by atoms with E-state index in [9.17, 15) is 4.79 Å². The Balaban J connectivity index is 2.62. The number of hydrogen-bond donors (Lipinski definition) is 0. The van der Waals surface area contributed by atoms with Gasteiger partial charge in [0, 0.05) is 12.0 Å². The van der Waals surface area contributed by atoms with Crippen LogP contribution in [-0.4, -0.2) is 5.78 Å². The maximum atomic E-state index is 12.0. The molecule has 0 aliphatic heterocycles. The van der Waals surface area contributed by atoms with Gasteiger partial charge in [-0.1, -0.05) is 33.8 Å². The van der Waals surface area contributed by atoms with Crippen LogP contribution in [0.4, 0.5) is 0 Å². The number of rotatable bonds is 2. The minimum atomic E-state index is 0.343. The smallest absolute Gasteiger partial charge is 0.163 e.